The second-order valence-electron chi connectivity index (χ2n) is 4.37. The Labute approximate surface area is 101 Å². The second kappa shape index (κ2) is 7.86. The fraction of sp³-hybridized carbons (Fsp3) is 1.00. The fourth-order valence-corrected chi connectivity index (χ4v) is 13.4. The van der Waals surface area contributed by atoms with Crippen LogP contribution in [-0.2, 0) is 10.4 Å². The van der Waals surface area contributed by atoms with E-state index in [2.05, 4.69) is 41.5 Å². The molecule has 0 saturated carbocycles. The van der Waals surface area contributed by atoms with E-state index >= 15 is 0 Å². The summed E-state index contributed by atoms with van der Waals surface area (Å²) in [6.45, 7) is 14.5. The minimum absolute atomic E-state index is 1.01. The zero-order chi connectivity index (χ0) is 12.8. The summed E-state index contributed by atoms with van der Waals surface area (Å²) in [4.78, 5) is 0. The molecule has 0 heterocycles. The van der Waals surface area contributed by atoms with Crippen molar-refractivity contribution in [1.29, 1.82) is 0 Å². The van der Waals surface area contributed by atoms with Gasteiger partial charge in [-0.05, 0) is 0 Å². The zero-order valence-electron chi connectivity index (χ0n) is 10.3. The van der Waals surface area contributed by atoms with E-state index in [1.54, 1.807) is 0 Å². The Morgan fingerprint density at radius 2 is 0.933 bits per heavy atom. The van der Waals surface area contributed by atoms with Crippen molar-refractivity contribution in [2.75, 3.05) is 0 Å². The molecule has 0 aromatic carbocycles. The molecule has 0 N–H and O–H groups in total. The maximum absolute atomic E-state index is 8.52. The minimum atomic E-state index is -5.17. The Morgan fingerprint density at radius 3 is 0.933 bits per heavy atom. The molecule has 0 fully saturated rings. The molecule has 15 heavy (non-hydrogen) atoms. The van der Waals surface area contributed by atoms with Gasteiger partial charge in [0.2, 0.25) is 0 Å². The largest absolute Gasteiger partial charge is 0.759 e. The maximum Gasteiger partial charge on any atom is 0.0311 e. The van der Waals surface area contributed by atoms with Gasteiger partial charge < -0.3 is 9.11 Å². The van der Waals surface area contributed by atoms with E-state index in [4.69, 9.17) is 17.5 Å². The van der Waals surface area contributed by atoms with Crippen molar-refractivity contribution in [1.82, 2.24) is 0 Å². The average molecular weight is 344 g/mol. The first kappa shape index (κ1) is 18.0. The SMILES string of the molecule is C[CH](C)[Sn]([CH](C)C)[CH](C)C.O=S(=O)([O-])[O-]. The van der Waals surface area contributed by atoms with Crippen molar-refractivity contribution in [2.45, 2.75) is 53.3 Å². The molecule has 0 aliphatic carbocycles. The van der Waals surface area contributed by atoms with Crippen LogP contribution in [0.25, 0.3) is 0 Å². The number of rotatable bonds is 3. The summed E-state index contributed by atoms with van der Waals surface area (Å²) < 4.78 is 37.2. The van der Waals surface area contributed by atoms with Gasteiger partial charge in [0.1, 0.15) is 0 Å². The van der Waals surface area contributed by atoms with E-state index < -0.39 is 30.2 Å². The third kappa shape index (κ3) is 14.7. The first-order valence-corrected chi connectivity index (χ1v) is 11.3. The summed E-state index contributed by atoms with van der Waals surface area (Å²) in [7, 11) is -5.17. The molecule has 0 spiro atoms. The monoisotopic (exact) mass is 345 g/mol. The van der Waals surface area contributed by atoms with Crippen LogP contribution in [0.1, 0.15) is 41.5 Å². The van der Waals surface area contributed by atoms with Gasteiger partial charge in [-0.3, -0.25) is 8.42 Å². The van der Waals surface area contributed by atoms with Gasteiger partial charge in [0.05, 0.1) is 0 Å². The van der Waals surface area contributed by atoms with Crippen molar-refractivity contribution >= 4 is 30.2 Å². The molecule has 0 aromatic heterocycles. The molecular weight excluding hydrogens is 323 g/mol. The first-order valence-electron chi connectivity index (χ1n) is 5.00. The van der Waals surface area contributed by atoms with E-state index in [0.29, 0.717) is 0 Å². The Bertz CT molecular complexity index is 220. The van der Waals surface area contributed by atoms with Crippen molar-refractivity contribution < 1.29 is 17.5 Å². The summed E-state index contributed by atoms with van der Waals surface area (Å²) in [5, 5.41) is 0. The predicted octanol–water partition coefficient (Wildman–Crippen LogP) is 2.37. The maximum atomic E-state index is 8.52. The fourth-order valence-electron chi connectivity index (χ4n) is 2.00. The van der Waals surface area contributed by atoms with Crippen LogP contribution in [0.3, 0.4) is 0 Å². The molecule has 0 aliphatic rings. The molecule has 0 aromatic rings. The molecule has 0 atom stereocenters. The molecule has 4 nitrogen and oxygen atoms in total. The molecule has 0 rings (SSSR count). The van der Waals surface area contributed by atoms with E-state index in [1.807, 2.05) is 0 Å². The van der Waals surface area contributed by atoms with Crippen molar-refractivity contribution in [3.63, 3.8) is 0 Å². The molecule has 0 saturated heterocycles. The van der Waals surface area contributed by atoms with Crippen molar-refractivity contribution in [3.8, 4) is 0 Å². The number of hydrogen-bond donors (Lipinski definition) is 0. The topological polar surface area (TPSA) is 80.3 Å². The van der Waals surface area contributed by atoms with Crippen molar-refractivity contribution in [3.05, 3.63) is 0 Å². The predicted molar refractivity (Wildman–Crippen MR) is 61.5 cm³/mol. The Balaban J connectivity index is 0. The average Bonchev–Trinajstić information content (AvgIpc) is 1.77. The molecule has 0 amide bonds. The van der Waals surface area contributed by atoms with Crippen molar-refractivity contribution in [2.24, 2.45) is 0 Å². The van der Waals surface area contributed by atoms with Crippen LogP contribution in [0.15, 0.2) is 0 Å². The van der Waals surface area contributed by atoms with Crippen LogP contribution < -0.4 is 0 Å². The molecular formula is C9H21O4SSn-2. The molecule has 1 radical (unpaired) electrons. The van der Waals surface area contributed by atoms with Crippen LogP contribution in [-0.4, -0.2) is 37.3 Å². The van der Waals surface area contributed by atoms with Crippen LogP contribution in [0, 0.1) is 0 Å². The van der Waals surface area contributed by atoms with Gasteiger partial charge in [-0.1, -0.05) is 0 Å². The third-order valence-corrected chi connectivity index (χ3v) is 13.4. The van der Waals surface area contributed by atoms with E-state index in [0.717, 1.165) is 11.8 Å². The van der Waals surface area contributed by atoms with Gasteiger partial charge in [-0.15, -0.1) is 0 Å². The normalized spacial score (nSPS) is 12.3. The molecule has 93 valence electrons. The number of hydrogen-bond acceptors (Lipinski definition) is 4. The Morgan fingerprint density at radius 1 is 0.800 bits per heavy atom. The van der Waals surface area contributed by atoms with E-state index in [9.17, 15) is 0 Å². The molecule has 6 heteroatoms. The van der Waals surface area contributed by atoms with Gasteiger partial charge in [0.15, 0.2) is 0 Å². The molecule has 0 unspecified atom stereocenters. The summed E-state index contributed by atoms with van der Waals surface area (Å²) >= 11 is -1.01. The van der Waals surface area contributed by atoms with Crippen LogP contribution in [0.5, 0.6) is 0 Å². The van der Waals surface area contributed by atoms with E-state index in [1.165, 1.54) is 0 Å². The van der Waals surface area contributed by atoms with E-state index in [-0.39, 0.29) is 0 Å². The summed E-state index contributed by atoms with van der Waals surface area (Å²) in [5.74, 6) is 0. The second-order valence-corrected chi connectivity index (χ2v) is 17.9. The van der Waals surface area contributed by atoms with Gasteiger partial charge in [-0.25, -0.2) is 0 Å². The van der Waals surface area contributed by atoms with Crippen LogP contribution in [0.4, 0.5) is 0 Å². The molecule has 0 bridgehead atoms. The Kier molecular flexibility index (Phi) is 9.46. The Hall–Kier alpha value is 0.669. The smallest absolute Gasteiger partial charge is 0.0311 e. The minimum Gasteiger partial charge on any atom is -0.759 e. The molecule has 0 aliphatic heterocycles. The zero-order valence-corrected chi connectivity index (χ0v) is 13.9. The first-order chi connectivity index (χ1) is 6.46. The van der Waals surface area contributed by atoms with Gasteiger partial charge >= 0.3 is 73.1 Å². The standard InChI is InChI=1S/3C3H7.H2O4S.Sn/c3*1-3-2;1-5(2,3)4;/h3*3H,1-2H3;(H2,1,2,3,4);/p-2. The van der Waals surface area contributed by atoms with Crippen LogP contribution in [0.2, 0.25) is 11.8 Å². The summed E-state index contributed by atoms with van der Waals surface area (Å²) in [5.41, 5.74) is 0. The van der Waals surface area contributed by atoms with Gasteiger partial charge in [-0.2, -0.15) is 0 Å². The quantitative estimate of drug-likeness (QED) is 0.447. The van der Waals surface area contributed by atoms with Gasteiger partial charge in [0, 0.05) is 10.4 Å². The summed E-state index contributed by atoms with van der Waals surface area (Å²) in [6.07, 6.45) is 0. The summed E-state index contributed by atoms with van der Waals surface area (Å²) in [6, 6.07) is 0. The van der Waals surface area contributed by atoms with Crippen LogP contribution >= 0.6 is 0 Å². The van der Waals surface area contributed by atoms with Gasteiger partial charge in [0.25, 0.3) is 0 Å². The third-order valence-electron chi connectivity index (χ3n) is 2.00.